The molecule has 1 aromatic carbocycles. The van der Waals surface area contributed by atoms with Gasteiger partial charge < -0.3 is 10.4 Å². The maximum atomic E-state index is 12.6. The minimum absolute atomic E-state index is 0.139. The van der Waals surface area contributed by atoms with Crippen molar-refractivity contribution in [1.29, 1.82) is 0 Å². The van der Waals surface area contributed by atoms with Crippen LogP contribution in [0.3, 0.4) is 0 Å². The molecule has 0 spiro atoms. The summed E-state index contributed by atoms with van der Waals surface area (Å²) in [5, 5.41) is 13.3. The van der Waals surface area contributed by atoms with Gasteiger partial charge in [-0.15, -0.1) is 0 Å². The fraction of sp³-hybridized carbons (Fsp3) is 0.632. The maximum Gasteiger partial charge on any atom is 0.226 e. The quantitative estimate of drug-likeness (QED) is 0.848. The number of rotatable bonds is 6. The molecule has 0 bridgehead atoms. The first kappa shape index (κ1) is 15.5. The SMILES string of the molecule is O=C(NCC(O)C1CCCC1)C1(Cc2ccccc2)CCC1. The lowest BCUT2D eigenvalue weighted by Gasteiger charge is -2.40. The molecule has 0 heterocycles. The second kappa shape index (κ2) is 6.82. The van der Waals surface area contributed by atoms with Crippen molar-refractivity contribution in [3.05, 3.63) is 35.9 Å². The van der Waals surface area contributed by atoms with E-state index >= 15 is 0 Å². The van der Waals surface area contributed by atoms with E-state index in [1.54, 1.807) is 0 Å². The molecule has 1 amide bonds. The zero-order chi connectivity index (χ0) is 15.4. The predicted molar refractivity (Wildman–Crippen MR) is 87.4 cm³/mol. The van der Waals surface area contributed by atoms with E-state index < -0.39 is 0 Å². The van der Waals surface area contributed by atoms with E-state index in [0.29, 0.717) is 12.5 Å². The van der Waals surface area contributed by atoms with E-state index in [-0.39, 0.29) is 17.4 Å². The molecule has 3 nitrogen and oxygen atoms in total. The predicted octanol–water partition coefficient (Wildman–Crippen LogP) is 3.07. The molecule has 0 aliphatic heterocycles. The summed E-state index contributed by atoms with van der Waals surface area (Å²) in [4.78, 5) is 12.6. The number of carbonyl (C=O) groups is 1. The standard InChI is InChI=1S/C19H27NO2/c21-17(16-9-4-5-10-16)14-20-18(22)19(11-6-12-19)13-15-7-2-1-3-8-15/h1-3,7-8,16-17,21H,4-6,9-14H2,(H,20,22). The molecule has 3 rings (SSSR count). The number of benzene rings is 1. The molecule has 2 aliphatic rings. The van der Waals surface area contributed by atoms with E-state index in [9.17, 15) is 9.90 Å². The van der Waals surface area contributed by atoms with Gasteiger partial charge in [-0.05, 0) is 43.6 Å². The van der Waals surface area contributed by atoms with E-state index in [1.165, 1.54) is 18.4 Å². The van der Waals surface area contributed by atoms with Crippen molar-refractivity contribution in [1.82, 2.24) is 5.32 Å². The van der Waals surface area contributed by atoms with Crippen molar-refractivity contribution >= 4 is 5.91 Å². The minimum Gasteiger partial charge on any atom is -0.391 e. The number of hydrogen-bond donors (Lipinski definition) is 2. The first-order chi connectivity index (χ1) is 10.7. The molecule has 2 aliphatic carbocycles. The average molecular weight is 301 g/mol. The van der Waals surface area contributed by atoms with Crippen LogP contribution < -0.4 is 5.32 Å². The molecular formula is C19H27NO2. The summed E-state index contributed by atoms with van der Waals surface area (Å²) in [5.74, 6) is 0.520. The third kappa shape index (κ3) is 3.35. The number of aliphatic hydroxyl groups is 1. The summed E-state index contributed by atoms with van der Waals surface area (Å²) in [6.45, 7) is 0.417. The van der Waals surface area contributed by atoms with Crippen LogP contribution in [0.1, 0.15) is 50.5 Å². The lowest BCUT2D eigenvalue weighted by molar-refractivity contribution is -0.136. The highest BCUT2D eigenvalue weighted by atomic mass is 16.3. The Hall–Kier alpha value is -1.35. The number of carbonyl (C=O) groups excluding carboxylic acids is 1. The molecule has 0 saturated heterocycles. The fourth-order valence-corrected chi connectivity index (χ4v) is 3.97. The molecule has 120 valence electrons. The molecule has 0 radical (unpaired) electrons. The first-order valence-corrected chi connectivity index (χ1v) is 8.70. The Morgan fingerprint density at radius 1 is 1.18 bits per heavy atom. The lowest BCUT2D eigenvalue weighted by Crippen LogP contribution is -2.49. The number of aliphatic hydroxyl groups excluding tert-OH is 1. The zero-order valence-corrected chi connectivity index (χ0v) is 13.3. The summed E-state index contributed by atoms with van der Waals surface area (Å²) in [6.07, 6.45) is 8.14. The normalized spacial score (nSPS) is 22.0. The van der Waals surface area contributed by atoms with Crippen LogP contribution in [0.5, 0.6) is 0 Å². The number of nitrogens with one attached hydrogen (secondary N) is 1. The highest BCUT2D eigenvalue weighted by Gasteiger charge is 2.44. The Kier molecular flexibility index (Phi) is 4.82. The number of hydrogen-bond acceptors (Lipinski definition) is 2. The van der Waals surface area contributed by atoms with E-state index in [0.717, 1.165) is 38.5 Å². The van der Waals surface area contributed by atoms with Crippen LogP contribution in [0, 0.1) is 11.3 Å². The van der Waals surface area contributed by atoms with Crippen molar-refractivity contribution in [2.75, 3.05) is 6.54 Å². The lowest BCUT2D eigenvalue weighted by atomic mass is 9.64. The van der Waals surface area contributed by atoms with Crippen molar-refractivity contribution in [3.8, 4) is 0 Å². The van der Waals surface area contributed by atoms with E-state index in [2.05, 4.69) is 17.4 Å². The van der Waals surface area contributed by atoms with Crippen molar-refractivity contribution in [3.63, 3.8) is 0 Å². The van der Waals surface area contributed by atoms with Gasteiger partial charge in [0.25, 0.3) is 0 Å². The summed E-state index contributed by atoms with van der Waals surface area (Å²) in [7, 11) is 0. The van der Waals surface area contributed by atoms with Gasteiger partial charge in [-0.3, -0.25) is 4.79 Å². The number of amides is 1. The molecule has 2 fully saturated rings. The Labute approximate surface area is 133 Å². The van der Waals surface area contributed by atoms with E-state index in [4.69, 9.17) is 0 Å². The highest BCUT2D eigenvalue weighted by molar-refractivity contribution is 5.83. The van der Waals surface area contributed by atoms with Gasteiger partial charge in [-0.1, -0.05) is 49.6 Å². The largest absolute Gasteiger partial charge is 0.391 e. The Morgan fingerprint density at radius 2 is 1.86 bits per heavy atom. The first-order valence-electron chi connectivity index (χ1n) is 8.70. The molecule has 22 heavy (non-hydrogen) atoms. The third-order valence-corrected chi connectivity index (χ3v) is 5.59. The smallest absolute Gasteiger partial charge is 0.226 e. The van der Waals surface area contributed by atoms with Gasteiger partial charge in [0.2, 0.25) is 5.91 Å². The molecule has 1 unspecified atom stereocenters. The topological polar surface area (TPSA) is 49.3 Å². The Balaban J connectivity index is 1.55. The van der Waals surface area contributed by atoms with Gasteiger partial charge in [0.05, 0.1) is 11.5 Å². The summed E-state index contributed by atoms with van der Waals surface area (Å²) < 4.78 is 0. The van der Waals surface area contributed by atoms with Gasteiger partial charge >= 0.3 is 0 Å². The van der Waals surface area contributed by atoms with Crippen molar-refractivity contribution < 1.29 is 9.90 Å². The molecular weight excluding hydrogens is 274 g/mol. The summed E-state index contributed by atoms with van der Waals surface area (Å²) in [5.41, 5.74) is 0.991. The second-order valence-electron chi connectivity index (χ2n) is 7.12. The van der Waals surface area contributed by atoms with Crippen LogP contribution in [0.2, 0.25) is 0 Å². The molecule has 0 aromatic heterocycles. The van der Waals surface area contributed by atoms with E-state index in [1.807, 2.05) is 18.2 Å². The van der Waals surface area contributed by atoms with Gasteiger partial charge in [-0.2, -0.15) is 0 Å². The summed E-state index contributed by atoms with van der Waals surface area (Å²) in [6, 6.07) is 10.3. The van der Waals surface area contributed by atoms with Gasteiger partial charge in [0.15, 0.2) is 0 Å². The van der Waals surface area contributed by atoms with Crippen LogP contribution in [-0.2, 0) is 11.2 Å². The van der Waals surface area contributed by atoms with Crippen LogP contribution in [0.15, 0.2) is 30.3 Å². The van der Waals surface area contributed by atoms with Crippen LogP contribution in [0.25, 0.3) is 0 Å². The molecule has 2 saturated carbocycles. The minimum atomic E-state index is -0.375. The molecule has 1 aromatic rings. The zero-order valence-electron chi connectivity index (χ0n) is 13.3. The Bertz CT molecular complexity index is 489. The molecule has 3 heteroatoms. The van der Waals surface area contributed by atoms with Crippen molar-refractivity contribution in [2.24, 2.45) is 11.3 Å². The Morgan fingerprint density at radius 3 is 2.45 bits per heavy atom. The maximum absolute atomic E-state index is 12.6. The van der Waals surface area contributed by atoms with Gasteiger partial charge in [-0.25, -0.2) is 0 Å². The second-order valence-corrected chi connectivity index (χ2v) is 7.12. The van der Waals surface area contributed by atoms with Gasteiger partial charge in [0, 0.05) is 6.54 Å². The summed E-state index contributed by atoms with van der Waals surface area (Å²) >= 11 is 0. The van der Waals surface area contributed by atoms with Crippen LogP contribution in [0.4, 0.5) is 0 Å². The van der Waals surface area contributed by atoms with Crippen molar-refractivity contribution in [2.45, 2.75) is 57.5 Å². The fourth-order valence-electron chi connectivity index (χ4n) is 3.97. The van der Waals surface area contributed by atoms with Crippen LogP contribution >= 0.6 is 0 Å². The van der Waals surface area contributed by atoms with Crippen LogP contribution in [-0.4, -0.2) is 23.7 Å². The monoisotopic (exact) mass is 301 g/mol. The molecule has 1 atom stereocenters. The third-order valence-electron chi connectivity index (χ3n) is 5.59. The molecule has 2 N–H and O–H groups in total. The average Bonchev–Trinajstić information content (AvgIpc) is 3.03. The highest BCUT2D eigenvalue weighted by Crippen LogP contribution is 2.44. The van der Waals surface area contributed by atoms with Gasteiger partial charge in [0.1, 0.15) is 0 Å².